The van der Waals surface area contributed by atoms with Crippen LogP contribution in [0.25, 0.3) is 21.9 Å². The third-order valence-electron chi connectivity index (χ3n) is 5.49. The number of ether oxygens (including phenoxy) is 1. The molecule has 4 aromatic rings. The van der Waals surface area contributed by atoms with Crippen LogP contribution in [0.3, 0.4) is 0 Å². The summed E-state index contributed by atoms with van der Waals surface area (Å²) in [7, 11) is 3.52. The fourth-order valence-corrected chi connectivity index (χ4v) is 3.56. The van der Waals surface area contributed by atoms with Crippen LogP contribution >= 0.6 is 0 Å². The predicted molar refractivity (Wildman–Crippen MR) is 115 cm³/mol. The minimum Gasteiger partial charge on any atom is -0.495 e. The van der Waals surface area contributed by atoms with E-state index in [1.165, 1.54) is 12.1 Å². The maximum Gasteiger partial charge on any atom is 0.282 e. The van der Waals surface area contributed by atoms with E-state index >= 15 is 0 Å². The number of hydrogen-bond acceptors (Lipinski definition) is 3. The van der Waals surface area contributed by atoms with Gasteiger partial charge in [0.15, 0.2) is 6.04 Å². The molecular weight excluding hydrogens is 383 g/mol. The van der Waals surface area contributed by atoms with Crippen LogP contribution in [0.5, 0.6) is 5.75 Å². The van der Waals surface area contributed by atoms with Gasteiger partial charge in [0.25, 0.3) is 5.91 Å². The second kappa shape index (κ2) is 8.16. The molecule has 1 aromatic heterocycles. The molecule has 0 aliphatic rings. The number of amides is 1. The Hall–Kier alpha value is -3.38. The number of quaternary nitrogens is 1. The fourth-order valence-electron chi connectivity index (χ4n) is 3.56. The average Bonchev–Trinajstić information content (AvgIpc) is 3.11. The van der Waals surface area contributed by atoms with Gasteiger partial charge in [-0.25, -0.2) is 4.39 Å². The van der Waals surface area contributed by atoms with Gasteiger partial charge in [0.1, 0.15) is 29.3 Å². The number of methoxy groups -OCH3 is 1. The van der Waals surface area contributed by atoms with Gasteiger partial charge in [0.05, 0.1) is 19.8 Å². The molecule has 2 atom stereocenters. The highest BCUT2D eigenvalue weighted by molar-refractivity contribution is 6.08. The first-order chi connectivity index (χ1) is 14.5. The van der Waals surface area contributed by atoms with Crippen LogP contribution < -0.4 is 15.0 Å². The van der Waals surface area contributed by atoms with Crippen molar-refractivity contribution in [3.63, 3.8) is 0 Å². The van der Waals surface area contributed by atoms with Gasteiger partial charge in [0, 0.05) is 22.4 Å². The SMILES string of the molecule is COc1cc2c(cc1NC(=O)[C@H](C)[NH+](C)Cc1ccc(F)cc1)oc1ccccc12. The molecule has 0 saturated heterocycles. The van der Waals surface area contributed by atoms with E-state index in [2.05, 4.69) is 5.32 Å². The number of halogens is 1. The van der Waals surface area contributed by atoms with Crippen molar-refractivity contribution in [2.24, 2.45) is 0 Å². The Bertz CT molecular complexity index is 1200. The zero-order valence-electron chi connectivity index (χ0n) is 17.2. The number of para-hydroxylation sites is 1. The van der Waals surface area contributed by atoms with Crippen molar-refractivity contribution in [3.05, 3.63) is 72.0 Å². The van der Waals surface area contributed by atoms with Crippen LogP contribution in [0.15, 0.2) is 65.1 Å². The second-order valence-electron chi connectivity index (χ2n) is 7.51. The number of fused-ring (bicyclic) bond motifs is 3. The molecule has 0 radical (unpaired) electrons. The lowest BCUT2D eigenvalue weighted by molar-refractivity contribution is -0.907. The summed E-state index contributed by atoms with van der Waals surface area (Å²) in [5, 5.41) is 4.91. The third kappa shape index (κ3) is 3.86. The molecule has 1 heterocycles. The highest BCUT2D eigenvalue weighted by atomic mass is 19.1. The standard InChI is InChI=1S/C24H23FN2O3/c1-15(27(2)14-16-8-10-17(25)11-9-16)24(28)26-20-13-22-19(12-23(20)29-3)18-6-4-5-7-21(18)30-22/h4-13,15H,14H2,1-3H3,(H,26,28)/p+1/t15-/m0/s1. The summed E-state index contributed by atoms with van der Waals surface area (Å²) in [6, 6.07) is 17.5. The summed E-state index contributed by atoms with van der Waals surface area (Å²) in [4.78, 5) is 13.9. The van der Waals surface area contributed by atoms with Gasteiger partial charge >= 0.3 is 0 Å². The third-order valence-corrected chi connectivity index (χ3v) is 5.49. The molecule has 0 aliphatic heterocycles. The zero-order chi connectivity index (χ0) is 21.3. The Morgan fingerprint density at radius 3 is 2.57 bits per heavy atom. The number of nitrogens with one attached hydrogen (secondary N) is 2. The molecule has 3 aromatic carbocycles. The van der Waals surface area contributed by atoms with Crippen LogP contribution in [0.1, 0.15) is 12.5 Å². The normalized spacial score (nSPS) is 13.3. The van der Waals surface area contributed by atoms with E-state index in [0.29, 0.717) is 23.6 Å². The summed E-state index contributed by atoms with van der Waals surface area (Å²) in [5.74, 6) is 0.171. The molecule has 5 nitrogen and oxygen atoms in total. The van der Waals surface area contributed by atoms with Gasteiger partial charge in [0.2, 0.25) is 0 Å². The van der Waals surface area contributed by atoms with Crippen molar-refractivity contribution >= 4 is 33.5 Å². The highest BCUT2D eigenvalue weighted by Gasteiger charge is 2.24. The lowest BCUT2D eigenvalue weighted by Crippen LogP contribution is -3.12. The maximum atomic E-state index is 13.1. The van der Waals surface area contributed by atoms with Crippen LogP contribution in [-0.4, -0.2) is 26.1 Å². The topological polar surface area (TPSA) is 55.9 Å². The van der Waals surface area contributed by atoms with Gasteiger partial charge in [-0.15, -0.1) is 0 Å². The minimum absolute atomic E-state index is 0.136. The molecule has 0 saturated carbocycles. The van der Waals surface area contributed by atoms with E-state index in [4.69, 9.17) is 9.15 Å². The molecule has 4 rings (SSSR count). The second-order valence-corrected chi connectivity index (χ2v) is 7.51. The number of likely N-dealkylation sites (N-methyl/N-ethyl adjacent to an activating group) is 1. The molecule has 0 fully saturated rings. The molecule has 30 heavy (non-hydrogen) atoms. The lowest BCUT2D eigenvalue weighted by Gasteiger charge is -2.21. The van der Waals surface area contributed by atoms with Crippen molar-refractivity contribution in [2.45, 2.75) is 19.5 Å². The van der Waals surface area contributed by atoms with Crippen molar-refractivity contribution in [1.82, 2.24) is 0 Å². The number of anilines is 1. The number of hydrogen-bond donors (Lipinski definition) is 2. The van der Waals surface area contributed by atoms with Crippen LogP contribution in [0.2, 0.25) is 0 Å². The Kier molecular flexibility index (Phi) is 5.42. The highest BCUT2D eigenvalue weighted by Crippen LogP contribution is 2.36. The summed E-state index contributed by atoms with van der Waals surface area (Å²) < 4.78 is 24.6. The number of furan rings is 1. The van der Waals surface area contributed by atoms with E-state index in [1.54, 1.807) is 25.3 Å². The molecule has 154 valence electrons. The first-order valence-electron chi connectivity index (χ1n) is 9.83. The summed E-state index contributed by atoms with van der Waals surface area (Å²) >= 11 is 0. The Labute approximate surface area is 174 Å². The van der Waals surface area contributed by atoms with Gasteiger partial charge < -0.3 is 19.4 Å². The van der Waals surface area contributed by atoms with Crippen molar-refractivity contribution in [2.75, 3.05) is 19.5 Å². The fraction of sp³-hybridized carbons (Fsp3) is 0.208. The van der Waals surface area contributed by atoms with Gasteiger partial charge in [-0.3, -0.25) is 4.79 Å². The Morgan fingerprint density at radius 1 is 1.10 bits per heavy atom. The minimum atomic E-state index is -0.328. The quantitative estimate of drug-likeness (QED) is 0.512. The molecule has 0 spiro atoms. The monoisotopic (exact) mass is 407 g/mol. The largest absolute Gasteiger partial charge is 0.495 e. The van der Waals surface area contributed by atoms with Crippen LogP contribution in [0, 0.1) is 5.82 Å². The van der Waals surface area contributed by atoms with Crippen molar-refractivity contribution in [1.29, 1.82) is 0 Å². The van der Waals surface area contributed by atoms with E-state index < -0.39 is 0 Å². The van der Waals surface area contributed by atoms with Crippen molar-refractivity contribution in [3.8, 4) is 5.75 Å². The Morgan fingerprint density at radius 2 is 1.83 bits per heavy atom. The molecule has 2 N–H and O–H groups in total. The number of carbonyl (C=O) groups is 1. The van der Waals surface area contributed by atoms with Crippen LogP contribution in [-0.2, 0) is 11.3 Å². The number of benzene rings is 3. The predicted octanol–water partition coefficient (Wildman–Crippen LogP) is 3.78. The lowest BCUT2D eigenvalue weighted by atomic mass is 10.1. The molecule has 6 heteroatoms. The molecule has 0 bridgehead atoms. The van der Waals surface area contributed by atoms with Crippen LogP contribution in [0.4, 0.5) is 10.1 Å². The van der Waals surface area contributed by atoms with E-state index in [-0.39, 0.29) is 17.8 Å². The van der Waals surface area contributed by atoms with E-state index in [9.17, 15) is 9.18 Å². The maximum absolute atomic E-state index is 13.1. The smallest absolute Gasteiger partial charge is 0.282 e. The first-order valence-corrected chi connectivity index (χ1v) is 9.83. The summed E-state index contributed by atoms with van der Waals surface area (Å²) in [6.45, 7) is 2.47. The molecule has 1 amide bonds. The average molecular weight is 407 g/mol. The summed E-state index contributed by atoms with van der Waals surface area (Å²) in [5.41, 5.74) is 3.01. The number of carbonyl (C=O) groups excluding carboxylic acids is 1. The molecule has 0 aliphatic carbocycles. The number of rotatable bonds is 6. The Balaban J connectivity index is 1.55. The van der Waals surface area contributed by atoms with Crippen molar-refractivity contribution < 1.29 is 23.2 Å². The molecular formula is C24H24FN2O3+. The van der Waals surface area contributed by atoms with Gasteiger partial charge in [-0.2, -0.15) is 0 Å². The summed E-state index contributed by atoms with van der Waals surface area (Å²) in [6.07, 6.45) is 0. The zero-order valence-corrected chi connectivity index (χ0v) is 17.2. The van der Waals surface area contributed by atoms with Gasteiger partial charge in [-0.1, -0.05) is 30.3 Å². The van der Waals surface area contributed by atoms with E-state index in [0.717, 1.165) is 26.8 Å². The molecule has 1 unspecified atom stereocenters. The van der Waals surface area contributed by atoms with E-state index in [1.807, 2.05) is 44.3 Å². The van der Waals surface area contributed by atoms with Gasteiger partial charge in [-0.05, 0) is 31.2 Å². The first kappa shape index (κ1) is 19.9.